The minimum Gasteiger partial charge on any atom is -0.296 e. The maximum Gasteiger partial charge on any atom is 0.196 e. The quantitative estimate of drug-likeness (QED) is 0.597. The van der Waals surface area contributed by atoms with E-state index in [4.69, 9.17) is 0 Å². The van der Waals surface area contributed by atoms with Crippen molar-refractivity contribution in [2.24, 2.45) is 0 Å². The summed E-state index contributed by atoms with van der Waals surface area (Å²) in [4.78, 5) is 2.41. The average molecular weight is 332 g/mol. The highest BCUT2D eigenvalue weighted by molar-refractivity contribution is 7.99. The van der Waals surface area contributed by atoms with Gasteiger partial charge in [-0.25, -0.2) is 4.39 Å². The van der Waals surface area contributed by atoms with Crippen LogP contribution in [0.4, 0.5) is 4.39 Å². The molecular formula is C17H21FN4S. The molecule has 1 aromatic heterocycles. The molecule has 3 rings (SSSR count). The van der Waals surface area contributed by atoms with Gasteiger partial charge in [-0.1, -0.05) is 24.3 Å². The Labute approximate surface area is 140 Å². The van der Waals surface area contributed by atoms with E-state index >= 15 is 0 Å². The Hall–Kier alpha value is -1.66. The van der Waals surface area contributed by atoms with E-state index in [1.807, 2.05) is 10.6 Å². The molecule has 0 N–H and O–H groups in total. The number of thioether (sulfide) groups is 1. The van der Waals surface area contributed by atoms with Gasteiger partial charge in [-0.15, -0.1) is 16.8 Å². The lowest BCUT2D eigenvalue weighted by molar-refractivity contribution is 0.214. The second kappa shape index (κ2) is 7.75. The summed E-state index contributed by atoms with van der Waals surface area (Å²) in [6.07, 6.45) is 5.63. The van der Waals surface area contributed by atoms with Crippen molar-refractivity contribution >= 4 is 11.8 Å². The van der Waals surface area contributed by atoms with Crippen molar-refractivity contribution < 1.29 is 4.39 Å². The minimum atomic E-state index is -0.236. The number of halogens is 1. The van der Waals surface area contributed by atoms with Gasteiger partial charge in [-0.2, -0.15) is 0 Å². The number of piperidine rings is 1. The maximum absolute atomic E-state index is 13.2. The van der Waals surface area contributed by atoms with Gasteiger partial charge in [0.15, 0.2) is 11.0 Å². The topological polar surface area (TPSA) is 34.0 Å². The normalized spacial score (nSPS) is 15.7. The van der Waals surface area contributed by atoms with E-state index in [1.54, 1.807) is 23.9 Å². The molecule has 23 heavy (non-hydrogen) atoms. The summed E-state index contributed by atoms with van der Waals surface area (Å²) in [5.41, 5.74) is 0.898. The van der Waals surface area contributed by atoms with Crippen LogP contribution in [0.5, 0.6) is 0 Å². The largest absolute Gasteiger partial charge is 0.296 e. The molecule has 0 aliphatic carbocycles. The first-order valence-electron chi connectivity index (χ1n) is 7.94. The summed E-state index contributed by atoms with van der Waals surface area (Å²) in [7, 11) is 0. The average Bonchev–Trinajstić information content (AvgIpc) is 2.97. The molecule has 0 radical (unpaired) electrons. The molecule has 0 unspecified atom stereocenters. The number of nitrogens with zero attached hydrogens (tertiary/aromatic N) is 4. The summed E-state index contributed by atoms with van der Waals surface area (Å²) in [5, 5.41) is 9.53. The van der Waals surface area contributed by atoms with E-state index in [1.165, 1.54) is 31.4 Å². The van der Waals surface area contributed by atoms with E-state index in [0.29, 0.717) is 0 Å². The number of likely N-dealkylation sites (tertiary alicyclic amines) is 1. The van der Waals surface area contributed by atoms with Crippen LogP contribution in [0.2, 0.25) is 0 Å². The molecule has 1 aliphatic rings. The molecule has 6 heteroatoms. The Bertz CT molecular complexity index is 647. The minimum absolute atomic E-state index is 0.236. The number of benzene rings is 1. The number of rotatable bonds is 6. The molecule has 0 saturated carbocycles. The predicted octanol–water partition coefficient (Wildman–Crippen LogP) is 3.67. The second-order valence-electron chi connectivity index (χ2n) is 5.65. The van der Waals surface area contributed by atoms with E-state index in [0.717, 1.165) is 42.1 Å². The van der Waals surface area contributed by atoms with Crippen LogP contribution in [0.3, 0.4) is 0 Å². The molecule has 2 aromatic rings. The highest BCUT2D eigenvalue weighted by Crippen LogP contribution is 2.24. The molecular weight excluding hydrogens is 311 g/mol. The molecule has 1 saturated heterocycles. The van der Waals surface area contributed by atoms with E-state index in [2.05, 4.69) is 21.7 Å². The number of hydrogen-bond donors (Lipinski definition) is 0. The smallest absolute Gasteiger partial charge is 0.196 e. The standard InChI is InChI=1S/C17H21FN4S/c1-2-12-23-17-20-19-16(13-21-10-4-3-5-11-21)22(17)15-8-6-14(18)7-9-15/h2,6-9H,1,3-5,10-13H2. The predicted molar refractivity (Wildman–Crippen MR) is 91.4 cm³/mol. The van der Waals surface area contributed by atoms with Gasteiger partial charge in [-0.05, 0) is 50.2 Å². The van der Waals surface area contributed by atoms with Gasteiger partial charge in [0.2, 0.25) is 0 Å². The summed E-state index contributed by atoms with van der Waals surface area (Å²) < 4.78 is 15.3. The maximum atomic E-state index is 13.2. The van der Waals surface area contributed by atoms with Crippen LogP contribution in [0.25, 0.3) is 5.69 Å². The van der Waals surface area contributed by atoms with Crippen LogP contribution in [0.1, 0.15) is 25.1 Å². The van der Waals surface area contributed by atoms with Gasteiger partial charge in [0.05, 0.1) is 6.54 Å². The molecule has 4 nitrogen and oxygen atoms in total. The highest BCUT2D eigenvalue weighted by Gasteiger charge is 2.18. The van der Waals surface area contributed by atoms with E-state index in [-0.39, 0.29) is 5.82 Å². The zero-order valence-corrected chi connectivity index (χ0v) is 13.9. The van der Waals surface area contributed by atoms with Crippen LogP contribution in [-0.4, -0.2) is 38.5 Å². The van der Waals surface area contributed by atoms with E-state index in [9.17, 15) is 4.39 Å². The zero-order valence-electron chi connectivity index (χ0n) is 13.1. The van der Waals surface area contributed by atoms with E-state index < -0.39 is 0 Å². The SMILES string of the molecule is C=CCSc1nnc(CN2CCCCC2)n1-c1ccc(F)cc1. The Morgan fingerprint density at radius 2 is 1.87 bits per heavy atom. The Balaban J connectivity index is 1.89. The molecule has 122 valence electrons. The highest BCUT2D eigenvalue weighted by atomic mass is 32.2. The van der Waals surface area contributed by atoms with Crippen molar-refractivity contribution in [2.45, 2.75) is 31.0 Å². The van der Waals surface area contributed by atoms with Gasteiger partial charge in [-0.3, -0.25) is 9.47 Å². The van der Waals surface area contributed by atoms with Crippen molar-refractivity contribution in [1.29, 1.82) is 0 Å². The Morgan fingerprint density at radius 1 is 1.13 bits per heavy atom. The van der Waals surface area contributed by atoms with Crippen LogP contribution in [0.15, 0.2) is 42.1 Å². The number of aromatic nitrogens is 3. The van der Waals surface area contributed by atoms with Gasteiger partial charge < -0.3 is 0 Å². The first-order valence-corrected chi connectivity index (χ1v) is 8.93. The molecule has 0 spiro atoms. The van der Waals surface area contributed by atoms with Crippen molar-refractivity contribution in [3.05, 3.63) is 48.6 Å². The molecule has 0 bridgehead atoms. The van der Waals surface area contributed by atoms with Crippen molar-refractivity contribution in [1.82, 2.24) is 19.7 Å². The third-order valence-corrected chi connectivity index (χ3v) is 4.85. The van der Waals surface area contributed by atoms with Gasteiger partial charge in [0.1, 0.15) is 5.82 Å². The first kappa shape index (κ1) is 16.2. The van der Waals surface area contributed by atoms with Gasteiger partial charge in [0.25, 0.3) is 0 Å². The fourth-order valence-corrected chi connectivity index (χ4v) is 3.50. The van der Waals surface area contributed by atoms with Gasteiger partial charge in [0, 0.05) is 11.4 Å². The molecule has 2 heterocycles. The lowest BCUT2D eigenvalue weighted by Gasteiger charge is -2.26. The molecule has 1 aliphatic heterocycles. The van der Waals surface area contributed by atoms with Gasteiger partial charge >= 0.3 is 0 Å². The summed E-state index contributed by atoms with van der Waals surface area (Å²) in [5.74, 6) is 1.44. The first-order chi connectivity index (χ1) is 11.3. The van der Waals surface area contributed by atoms with Crippen molar-refractivity contribution in [2.75, 3.05) is 18.8 Å². The zero-order chi connectivity index (χ0) is 16.1. The van der Waals surface area contributed by atoms with Crippen molar-refractivity contribution in [3.8, 4) is 5.69 Å². The van der Waals surface area contributed by atoms with Crippen molar-refractivity contribution in [3.63, 3.8) is 0 Å². The van der Waals surface area contributed by atoms with Crippen LogP contribution in [0, 0.1) is 5.82 Å². The van der Waals surface area contributed by atoms with Crippen LogP contribution < -0.4 is 0 Å². The summed E-state index contributed by atoms with van der Waals surface area (Å²) in [6.45, 7) is 6.74. The third-order valence-electron chi connectivity index (χ3n) is 3.93. The second-order valence-corrected chi connectivity index (χ2v) is 6.63. The Morgan fingerprint density at radius 3 is 2.57 bits per heavy atom. The van der Waals surface area contributed by atoms with Crippen LogP contribution in [-0.2, 0) is 6.54 Å². The monoisotopic (exact) mass is 332 g/mol. The third kappa shape index (κ3) is 4.00. The fourth-order valence-electron chi connectivity index (χ4n) is 2.80. The number of hydrogen-bond acceptors (Lipinski definition) is 4. The summed E-state index contributed by atoms with van der Waals surface area (Å²) in [6, 6.07) is 6.50. The molecule has 1 aromatic carbocycles. The molecule has 0 amide bonds. The lowest BCUT2D eigenvalue weighted by atomic mass is 10.1. The molecule has 0 atom stereocenters. The Kier molecular flexibility index (Phi) is 5.46. The van der Waals surface area contributed by atoms with Crippen LogP contribution >= 0.6 is 11.8 Å². The fraction of sp³-hybridized carbons (Fsp3) is 0.412. The molecule has 1 fully saturated rings. The lowest BCUT2D eigenvalue weighted by Crippen LogP contribution is -2.30. The summed E-state index contributed by atoms with van der Waals surface area (Å²) >= 11 is 1.59.